The fraction of sp³-hybridized carbons (Fsp3) is 0.346. The van der Waals surface area contributed by atoms with Crippen molar-refractivity contribution in [2.24, 2.45) is 0 Å². The van der Waals surface area contributed by atoms with E-state index in [4.69, 9.17) is 23.2 Å². The van der Waals surface area contributed by atoms with Crippen molar-refractivity contribution in [2.45, 2.75) is 52.4 Å². The molecule has 7 heteroatoms. The number of carbonyl (C=O) groups excluding carboxylic acids is 2. The monoisotopic (exact) mass is 486 g/mol. The lowest BCUT2D eigenvalue weighted by atomic mass is 9.96. The van der Waals surface area contributed by atoms with Crippen molar-refractivity contribution < 1.29 is 14.3 Å². The maximum Gasteiger partial charge on any atom is 0.309 e. The Labute approximate surface area is 204 Å². The molecule has 0 atom stereocenters. The Morgan fingerprint density at radius 3 is 2.33 bits per heavy atom. The molecule has 2 aromatic carbocycles. The number of esters is 1. The van der Waals surface area contributed by atoms with Gasteiger partial charge in [0, 0.05) is 11.6 Å². The summed E-state index contributed by atoms with van der Waals surface area (Å²) in [4.78, 5) is 27.1. The topological polar surface area (TPSA) is 68.3 Å². The van der Waals surface area contributed by atoms with E-state index in [1.807, 2.05) is 18.3 Å². The lowest BCUT2D eigenvalue weighted by molar-refractivity contribution is -0.157. The van der Waals surface area contributed by atoms with Gasteiger partial charge in [-0.05, 0) is 48.6 Å². The van der Waals surface area contributed by atoms with E-state index >= 15 is 0 Å². The number of nitrogens with zero attached hydrogens (tertiary/aromatic N) is 1. The molecule has 174 valence electrons. The van der Waals surface area contributed by atoms with Crippen LogP contribution in [0.25, 0.3) is 10.9 Å². The van der Waals surface area contributed by atoms with Gasteiger partial charge in [-0.25, -0.2) is 0 Å². The molecular formula is C26H28Cl2N2O3. The number of fused-ring (bicyclic) bond motifs is 1. The summed E-state index contributed by atoms with van der Waals surface area (Å²) in [6, 6.07) is 10.9. The molecule has 1 amide bonds. The number of para-hydroxylation sites is 1. The van der Waals surface area contributed by atoms with E-state index in [9.17, 15) is 9.59 Å². The van der Waals surface area contributed by atoms with Crippen LogP contribution in [0, 0.1) is 0 Å². The largest absolute Gasteiger partial charge is 0.465 e. The van der Waals surface area contributed by atoms with Crippen LogP contribution in [0.3, 0.4) is 0 Å². The molecule has 2 heterocycles. The predicted molar refractivity (Wildman–Crippen MR) is 134 cm³/mol. The molecular weight excluding hydrogens is 459 g/mol. The summed E-state index contributed by atoms with van der Waals surface area (Å²) in [7, 11) is 0. The first-order valence-electron chi connectivity index (χ1n) is 11.3. The number of hydrogen-bond donors (Lipinski definition) is 1. The fourth-order valence-electron chi connectivity index (χ4n) is 3.66. The number of pyridine rings is 1. The van der Waals surface area contributed by atoms with Crippen LogP contribution in [0.1, 0.15) is 61.0 Å². The molecule has 1 saturated heterocycles. The summed E-state index contributed by atoms with van der Waals surface area (Å²) in [5, 5.41) is 4.69. The molecule has 1 fully saturated rings. The van der Waals surface area contributed by atoms with E-state index < -0.39 is 0 Å². The number of halogens is 2. The zero-order valence-corrected chi connectivity index (χ0v) is 20.4. The Kier molecular flexibility index (Phi) is 9.10. The Hall–Kier alpha value is -2.63. The molecule has 0 radical (unpaired) electrons. The number of unbranched alkanes of at least 4 members (excludes halogenated alkanes) is 2. The van der Waals surface area contributed by atoms with E-state index in [1.165, 1.54) is 24.0 Å². The summed E-state index contributed by atoms with van der Waals surface area (Å²) in [6.45, 7) is 4.99. The Balaban J connectivity index is 0.000000541. The van der Waals surface area contributed by atoms with Gasteiger partial charge in [0.05, 0.1) is 33.2 Å². The quantitative estimate of drug-likeness (QED) is 0.287. The average Bonchev–Trinajstić information content (AvgIpc) is 2.78. The van der Waals surface area contributed by atoms with Gasteiger partial charge in [-0.3, -0.25) is 14.6 Å². The maximum atomic E-state index is 12.8. The second-order valence-electron chi connectivity index (χ2n) is 7.80. The number of nitrogens with one attached hydrogen (secondary N) is 1. The molecule has 1 aliphatic rings. The SMILES string of the molecule is CCCCCc1c(CC)cnc2c(NC(=O)c3c(Cl)cccc3Cl)cccc12.O=C1CCO1. The first-order valence-corrected chi connectivity index (χ1v) is 12.0. The number of carbonyl (C=O) groups is 2. The number of benzene rings is 2. The van der Waals surface area contributed by atoms with E-state index in [1.54, 1.807) is 18.2 Å². The fourth-order valence-corrected chi connectivity index (χ4v) is 4.23. The number of hydrogen-bond acceptors (Lipinski definition) is 4. The van der Waals surface area contributed by atoms with Crippen LogP contribution < -0.4 is 5.32 Å². The number of aromatic nitrogens is 1. The van der Waals surface area contributed by atoms with Crippen LogP contribution in [0.2, 0.25) is 10.0 Å². The molecule has 0 spiro atoms. The number of anilines is 1. The molecule has 1 N–H and O–H groups in total. The van der Waals surface area contributed by atoms with Gasteiger partial charge in [-0.2, -0.15) is 0 Å². The van der Waals surface area contributed by atoms with Gasteiger partial charge < -0.3 is 10.1 Å². The Bertz CT molecular complexity index is 1120. The van der Waals surface area contributed by atoms with Gasteiger partial charge in [0.2, 0.25) is 0 Å². The summed E-state index contributed by atoms with van der Waals surface area (Å²) in [5.41, 5.74) is 4.32. The highest BCUT2D eigenvalue weighted by atomic mass is 35.5. The van der Waals surface area contributed by atoms with Crippen LogP contribution in [-0.4, -0.2) is 23.5 Å². The van der Waals surface area contributed by atoms with Gasteiger partial charge in [0.1, 0.15) is 6.61 Å². The van der Waals surface area contributed by atoms with Gasteiger partial charge in [-0.15, -0.1) is 0 Å². The van der Waals surface area contributed by atoms with Crippen LogP contribution in [0.15, 0.2) is 42.6 Å². The van der Waals surface area contributed by atoms with Crippen molar-refractivity contribution in [2.75, 3.05) is 11.9 Å². The molecule has 1 aromatic heterocycles. The van der Waals surface area contributed by atoms with Gasteiger partial charge in [-0.1, -0.05) is 68.1 Å². The minimum atomic E-state index is -0.336. The smallest absolute Gasteiger partial charge is 0.309 e. The maximum absolute atomic E-state index is 12.8. The molecule has 4 rings (SSSR count). The van der Waals surface area contributed by atoms with Crippen molar-refractivity contribution in [1.29, 1.82) is 0 Å². The Morgan fingerprint density at radius 1 is 1.09 bits per heavy atom. The van der Waals surface area contributed by atoms with Crippen LogP contribution >= 0.6 is 23.2 Å². The molecule has 0 unspecified atom stereocenters. The lowest BCUT2D eigenvalue weighted by Gasteiger charge is -2.15. The second kappa shape index (κ2) is 12.0. The van der Waals surface area contributed by atoms with E-state index in [0.717, 1.165) is 30.2 Å². The highest BCUT2D eigenvalue weighted by molar-refractivity contribution is 6.40. The molecule has 1 aliphatic heterocycles. The molecule has 33 heavy (non-hydrogen) atoms. The summed E-state index contributed by atoms with van der Waals surface area (Å²) >= 11 is 12.4. The standard InChI is InChI=1S/C23H24Cl2N2O.C3H4O2/c1-3-5-6-9-16-15(4-2)14-26-22-17(16)10-7-13-20(22)27-23(28)21-18(24)11-8-12-19(21)25;4-3-1-2-5-3/h7-8,10-14H,3-6,9H2,1-2H3,(H,27,28);1-2H2. The highest BCUT2D eigenvalue weighted by Gasteiger charge is 2.17. The van der Waals surface area contributed by atoms with Crippen LogP contribution in [-0.2, 0) is 22.4 Å². The predicted octanol–water partition coefficient (Wildman–Crippen LogP) is 7.02. The van der Waals surface area contributed by atoms with Gasteiger partial charge in [0.15, 0.2) is 0 Å². The number of amides is 1. The van der Waals surface area contributed by atoms with Crippen LogP contribution in [0.4, 0.5) is 5.69 Å². The lowest BCUT2D eigenvalue weighted by Crippen LogP contribution is -2.18. The third-order valence-electron chi connectivity index (χ3n) is 5.52. The van der Waals surface area contributed by atoms with Crippen LogP contribution in [0.5, 0.6) is 0 Å². The van der Waals surface area contributed by atoms with E-state index in [0.29, 0.717) is 28.8 Å². The Morgan fingerprint density at radius 2 is 1.76 bits per heavy atom. The van der Waals surface area contributed by atoms with Crippen molar-refractivity contribution in [3.05, 3.63) is 69.3 Å². The third-order valence-corrected chi connectivity index (χ3v) is 6.15. The number of ether oxygens (including phenoxy) is 1. The van der Waals surface area contributed by atoms with Gasteiger partial charge >= 0.3 is 5.97 Å². The average molecular weight is 487 g/mol. The minimum Gasteiger partial charge on any atom is -0.465 e. The zero-order chi connectivity index (χ0) is 23.8. The molecule has 0 saturated carbocycles. The van der Waals surface area contributed by atoms with E-state index in [-0.39, 0.29) is 17.4 Å². The summed E-state index contributed by atoms with van der Waals surface area (Å²) in [5.74, 6) is -0.401. The van der Waals surface area contributed by atoms with E-state index in [2.05, 4.69) is 35.0 Å². The summed E-state index contributed by atoms with van der Waals surface area (Å²) in [6.07, 6.45) is 8.05. The number of aryl methyl sites for hydroxylation is 2. The molecule has 0 bridgehead atoms. The normalized spacial score (nSPS) is 12.4. The van der Waals surface area contributed by atoms with Gasteiger partial charge in [0.25, 0.3) is 5.91 Å². The zero-order valence-electron chi connectivity index (χ0n) is 18.9. The minimum absolute atomic E-state index is 0.0648. The number of rotatable bonds is 7. The first-order chi connectivity index (χ1) is 16.0. The second-order valence-corrected chi connectivity index (χ2v) is 8.61. The molecule has 0 aliphatic carbocycles. The van der Waals surface area contributed by atoms with Crippen molar-refractivity contribution in [1.82, 2.24) is 4.98 Å². The number of cyclic esters (lactones) is 1. The van der Waals surface area contributed by atoms with Crippen molar-refractivity contribution in [3.63, 3.8) is 0 Å². The molecule has 5 nitrogen and oxygen atoms in total. The van der Waals surface area contributed by atoms with Crippen molar-refractivity contribution >= 4 is 51.7 Å². The van der Waals surface area contributed by atoms with Crippen molar-refractivity contribution in [3.8, 4) is 0 Å². The summed E-state index contributed by atoms with van der Waals surface area (Å²) < 4.78 is 4.29. The third kappa shape index (κ3) is 6.24. The highest BCUT2D eigenvalue weighted by Crippen LogP contribution is 2.30. The molecule has 3 aromatic rings. The first kappa shape index (κ1) is 25.0.